The van der Waals surface area contributed by atoms with Crippen molar-refractivity contribution in [2.24, 2.45) is 5.41 Å². The van der Waals surface area contributed by atoms with E-state index in [0.717, 1.165) is 37.0 Å². The molecule has 3 amide bonds. The van der Waals surface area contributed by atoms with Gasteiger partial charge < -0.3 is 15.1 Å². The molecule has 180 valence electrons. The molecule has 1 spiro atoms. The highest BCUT2D eigenvalue weighted by atomic mass is 19.4. The average molecular weight is 472 g/mol. The maximum Gasteiger partial charge on any atom is 0.416 e. The number of benzene rings is 2. The lowest BCUT2D eigenvalue weighted by Gasteiger charge is -2.39. The highest BCUT2D eigenvalue weighted by Gasteiger charge is 2.43. The van der Waals surface area contributed by atoms with Crippen LogP contribution in [0.2, 0.25) is 0 Å². The van der Waals surface area contributed by atoms with E-state index in [2.05, 4.69) is 5.32 Å². The molecule has 0 bridgehead atoms. The van der Waals surface area contributed by atoms with Crippen LogP contribution in [0.4, 0.5) is 23.7 Å². The van der Waals surface area contributed by atoms with E-state index < -0.39 is 11.7 Å². The average Bonchev–Trinajstić information content (AvgIpc) is 3.23. The molecule has 0 aliphatic carbocycles. The molecular formula is C26H28F3N3O2. The van der Waals surface area contributed by atoms with Gasteiger partial charge in [0.25, 0.3) is 0 Å². The van der Waals surface area contributed by atoms with Crippen molar-refractivity contribution in [3.63, 3.8) is 0 Å². The van der Waals surface area contributed by atoms with Crippen molar-refractivity contribution in [2.45, 2.75) is 32.4 Å². The summed E-state index contributed by atoms with van der Waals surface area (Å²) in [5, 5.41) is 2.70. The number of amides is 3. The molecule has 2 aliphatic heterocycles. The van der Waals surface area contributed by atoms with Crippen molar-refractivity contribution in [2.75, 3.05) is 31.5 Å². The number of nitrogens with one attached hydrogen (secondary N) is 1. The van der Waals surface area contributed by atoms with Gasteiger partial charge in [0.15, 0.2) is 0 Å². The molecule has 2 aromatic rings. The number of nitrogens with zero attached hydrogens (tertiary/aromatic N) is 2. The monoisotopic (exact) mass is 471 g/mol. The minimum atomic E-state index is -4.41. The van der Waals surface area contributed by atoms with Gasteiger partial charge >= 0.3 is 12.2 Å². The normalized spacial score (nSPS) is 18.3. The number of hydrogen-bond acceptors (Lipinski definition) is 2. The lowest BCUT2D eigenvalue weighted by atomic mass is 9.77. The maximum atomic E-state index is 12.9. The Bertz CT molecular complexity index is 1060. The molecule has 8 heteroatoms. The Labute approximate surface area is 197 Å². The summed E-state index contributed by atoms with van der Waals surface area (Å²) in [6.45, 7) is 4.30. The first-order valence-corrected chi connectivity index (χ1v) is 11.4. The van der Waals surface area contributed by atoms with Crippen molar-refractivity contribution in [3.05, 3.63) is 71.3 Å². The van der Waals surface area contributed by atoms with Gasteiger partial charge in [-0.15, -0.1) is 0 Å². The van der Waals surface area contributed by atoms with Gasteiger partial charge in [0.2, 0.25) is 5.91 Å². The molecule has 4 rings (SSSR count). The van der Waals surface area contributed by atoms with Crippen LogP contribution in [0, 0.1) is 5.41 Å². The molecule has 34 heavy (non-hydrogen) atoms. The van der Waals surface area contributed by atoms with Gasteiger partial charge in [-0.3, -0.25) is 4.79 Å². The summed E-state index contributed by atoms with van der Waals surface area (Å²) in [4.78, 5) is 29.2. The van der Waals surface area contributed by atoms with Crippen LogP contribution in [-0.2, 0) is 11.0 Å². The summed E-state index contributed by atoms with van der Waals surface area (Å²) in [7, 11) is 0. The van der Waals surface area contributed by atoms with Crippen molar-refractivity contribution in [1.82, 2.24) is 9.80 Å². The molecule has 1 N–H and O–H groups in total. The number of anilines is 1. The number of likely N-dealkylation sites (tertiary alicyclic amines) is 2. The molecule has 0 unspecified atom stereocenters. The number of piperidine rings is 1. The number of alkyl halides is 3. The van der Waals surface area contributed by atoms with Crippen molar-refractivity contribution >= 4 is 23.7 Å². The van der Waals surface area contributed by atoms with E-state index in [1.807, 2.05) is 48.2 Å². The third kappa shape index (κ3) is 5.43. The van der Waals surface area contributed by atoms with Crippen molar-refractivity contribution in [1.29, 1.82) is 0 Å². The van der Waals surface area contributed by atoms with E-state index in [0.29, 0.717) is 37.4 Å². The van der Waals surface area contributed by atoms with Crippen molar-refractivity contribution in [3.8, 4) is 0 Å². The largest absolute Gasteiger partial charge is 0.416 e. The fraction of sp³-hybridized carbons (Fsp3) is 0.385. The first-order valence-electron chi connectivity index (χ1n) is 11.4. The van der Waals surface area contributed by atoms with Crippen LogP contribution in [-0.4, -0.2) is 47.9 Å². The molecule has 2 heterocycles. The van der Waals surface area contributed by atoms with Gasteiger partial charge in [-0.2, -0.15) is 13.2 Å². The minimum absolute atomic E-state index is 0.0225. The van der Waals surface area contributed by atoms with Crippen LogP contribution < -0.4 is 5.32 Å². The second-order valence-corrected chi connectivity index (χ2v) is 9.21. The van der Waals surface area contributed by atoms with E-state index in [1.165, 1.54) is 12.1 Å². The maximum absolute atomic E-state index is 12.9. The van der Waals surface area contributed by atoms with Gasteiger partial charge in [-0.25, -0.2) is 4.79 Å². The molecule has 0 atom stereocenters. The van der Waals surface area contributed by atoms with Crippen LogP contribution in [0.3, 0.4) is 0 Å². The Kier molecular flexibility index (Phi) is 6.68. The Morgan fingerprint density at radius 2 is 1.50 bits per heavy atom. The molecule has 0 saturated carbocycles. The zero-order valence-electron chi connectivity index (χ0n) is 19.1. The molecule has 2 aliphatic rings. The quantitative estimate of drug-likeness (QED) is 0.588. The van der Waals surface area contributed by atoms with Crippen LogP contribution in [0.15, 0.2) is 60.2 Å². The summed E-state index contributed by atoms with van der Waals surface area (Å²) in [6, 6.07) is 13.9. The minimum Gasteiger partial charge on any atom is -0.339 e. The molecule has 0 aromatic heterocycles. The van der Waals surface area contributed by atoms with Gasteiger partial charge in [-0.05, 0) is 67.5 Å². The van der Waals surface area contributed by atoms with Gasteiger partial charge in [0, 0.05) is 37.4 Å². The van der Waals surface area contributed by atoms with E-state index in [9.17, 15) is 22.8 Å². The van der Waals surface area contributed by atoms with Gasteiger partial charge in [-0.1, -0.05) is 30.3 Å². The number of carbonyl (C=O) groups excluding carboxylic acids is 2. The second kappa shape index (κ2) is 9.52. The fourth-order valence-electron chi connectivity index (χ4n) is 4.76. The standard InChI is InChI=1S/C26H28F3N3O2/c1-19(17-20-5-3-2-4-6-20)23(33)31-14-11-25(12-15-31)13-16-32(18-25)24(34)30-22-9-7-21(8-10-22)26(27,28)29/h2-10,17H,11-16,18H2,1H3,(H,30,34)/b19-17+. The Morgan fingerprint density at radius 1 is 0.912 bits per heavy atom. The Morgan fingerprint density at radius 3 is 2.09 bits per heavy atom. The van der Waals surface area contributed by atoms with E-state index >= 15 is 0 Å². The summed E-state index contributed by atoms with van der Waals surface area (Å²) >= 11 is 0. The predicted molar refractivity (Wildman–Crippen MR) is 125 cm³/mol. The summed E-state index contributed by atoms with van der Waals surface area (Å²) in [6.07, 6.45) is -0.0112. The Hall–Kier alpha value is -3.29. The highest BCUT2D eigenvalue weighted by molar-refractivity contribution is 5.97. The molecule has 2 saturated heterocycles. The third-order valence-electron chi connectivity index (χ3n) is 6.82. The third-order valence-corrected chi connectivity index (χ3v) is 6.82. The summed E-state index contributed by atoms with van der Waals surface area (Å²) < 4.78 is 38.2. The summed E-state index contributed by atoms with van der Waals surface area (Å²) in [5.41, 5.74) is 1.25. The van der Waals surface area contributed by atoms with Gasteiger partial charge in [0.1, 0.15) is 0 Å². The van der Waals surface area contributed by atoms with E-state index in [1.54, 1.807) is 4.90 Å². The molecule has 0 radical (unpaired) electrons. The summed E-state index contributed by atoms with van der Waals surface area (Å²) in [5.74, 6) is 0.0357. The fourth-order valence-corrected chi connectivity index (χ4v) is 4.76. The Balaban J connectivity index is 1.30. The van der Waals surface area contributed by atoms with Crippen LogP contribution in [0.5, 0.6) is 0 Å². The zero-order chi connectivity index (χ0) is 24.3. The number of hydrogen-bond donors (Lipinski definition) is 1. The van der Waals surface area contributed by atoms with Gasteiger partial charge in [0.05, 0.1) is 5.56 Å². The number of urea groups is 1. The van der Waals surface area contributed by atoms with E-state index in [4.69, 9.17) is 0 Å². The highest BCUT2D eigenvalue weighted by Crippen LogP contribution is 2.41. The predicted octanol–water partition coefficient (Wildman–Crippen LogP) is 5.66. The number of carbonyl (C=O) groups is 2. The van der Waals surface area contributed by atoms with Crippen LogP contribution in [0.1, 0.15) is 37.3 Å². The van der Waals surface area contributed by atoms with Crippen molar-refractivity contribution < 1.29 is 22.8 Å². The zero-order valence-corrected chi connectivity index (χ0v) is 19.1. The lowest BCUT2D eigenvalue weighted by Crippen LogP contribution is -2.45. The van der Waals surface area contributed by atoms with E-state index in [-0.39, 0.29) is 17.4 Å². The first kappa shape index (κ1) is 23.9. The topological polar surface area (TPSA) is 52.7 Å². The smallest absolute Gasteiger partial charge is 0.339 e. The SMILES string of the molecule is C/C(=C\c1ccccc1)C(=O)N1CCC2(CCN(C(=O)Nc3ccc(C(F)(F)F)cc3)C2)CC1. The molecule has 5 nitrogen and oxygen atoms in total. The number of halogens is 3. The van der Waals surface area contributed by atoms with Crippen LogP contribution >= 0.6 is 0 Å². The first-order chi connectivity index (χ1) is 16.2. The second-order valence-electron chi connectivity index (χ2n) is 9.21. The molecule has 2 fully saturated rings. The number of rotatable bonds is 3. The van der Waals surface area contributed by atoms with Crippen LogP contribution in [0.25, 0.3) is 6.08 Å². The lowest BCUT2D eigenvalue weighted by molar-refractivity contribution is -0.137. The molecular weight excluding hydrogens is 443 g/mol. The molecule has 2 aromatic carbocycles.